The Labute approximate surface area is 139 Å². The molecule has 132 valence electrons. The monoisotopic (exact) mass is 338 g/mol. The van der Waals surface area contributed by atoms with Crippen LogP contribution in [0.3, 0.4) is 0 Å². The lowest BCUT2D eigenvalue weighted by molar-refractivity contribution is 0.174. The molecule has 2 heterocycles. The van der Waals surface area contributed by atoms with Crippen molar-refractivity contribution in [3.63, 3.8) is 0 Å². The highest BCUT2D eigenvalue weighted by Crippen LogP contribution is 2.11. The molecule has 2 amide bonds. The fraction of sp³-hybridized carbons (Fsp3) is 0.643. The summed E-state index contributed by atoms with van der Waals surface area (Å²) < 4.78 is 15.2. The summed E-state index contributed by atoms with van der Waals surface area (Å²) in [6.45, 7) is 6.51. The van der Waals surface area contributed by atoms with Crippen LogP contribution in [0.2, 0.25) is 0 Å². The van der Waals surface area contributed by atoms with E-state index < -0.39 is 6.04 Å². The van der Waals surface area contributed by atoms with Gasteiger partial charge in [0.15, 0.2) is 11.6 Å². The van der Waals surface area contributed by atoms with E-state index in [0.717, 1.165) is 0 Å². The fourth-order valence-electron chi connectivity index (χ4n) is 1.96. The number of carbonyl (C=O) groups is 1. The highest BCUT2D eigenvalue weighted by atomic mass is 16.5. The van der Waals surface area contributed by atoms with Crippen molar-refractivity contribution in [3.05, 3.63) is 23.4 Å². The van der Waals surface area contributed by atoms with Gasteiger partial charge in [-0.1, -0.05) is 17.2 Å². The number of urea groups is 1. The van der Waals surface area contributed by atoms with E-state index in [9.17, 15) is 4.79 Å². The van der Waals surface area contributed by atoms with Gasteiger partial charge in [-0.15, -0.1) is 0 Å². The first-order valence-electron chi connectivity index (χ1n) is 7.75. The van der Waals surface area contributed by atoms with E-state index in [4.69, 9.17) is 13.8 Å². The number of hydrogen-bond donors (Lipinski definition) is 1. The topological polar surface area (TPSA) is 119 Å². The summed E-state index contributed by atoms with van der Waals surface area (Å²) in [5.41, 5.74) is 0. The maximum absolute atomic E-state index is 12.4. The first-order valence-corrected chi connectivity index (χ1v) is 7.75. The van der Waals surface area contributed by atoms with Crippen molar-refractivity contribution in [2.45, 2.75) is 46.4 Å². The van der Waals surface area contributed by atoms with E-state index in [0.29, 0.717) is 36.4 Å². The van der Waals surface area contributed by atoms with Gasteiger partial charge in [-0.05, 0) is 13.8 Å². The van der Waals surface area contributed by atoms with Crippen LogP contribution in [0.5, 0.6) is 0 Å². The standard InChI is InChI=1S/C14H22N6O4/c1-5-10-17-13(24-18-10)9(3)15-14(21)20(6-2)7-12-16-11(8-22-4)19-23-12/h9H,5-8H2,1-4H3,(H,15,21)/t9-/m0/s1. The number of carbonyl (C=O) groups excluding carboxylic acids is 1. The first-order chi connectivity index (χ1) is 11.6. The number of rotatable bonds is 8. The van der Waals surface area contributed by atoms with Crippen LogP contribution in [0.1, 0.15) is 50.2 Å². The van der Waals surface area contributed by atoms with Crippen LogP contribution in [0.4, 0.5) is 4.79 Å². The van der Waals surface area contributed by atoms with Crippen molar-refractivity contribution in [1.82, 2.24) is 30.5 Å². The zero-order valence-electron chi connectivity index (χ0n) is 14.3. The van der Waals surface area contributed by atoms with Crippen LogP contribution in [-0.4, -0.2) is 44.9 Å². The van der Waals surface area contributed by atoms with Gasteiger partial charge in [-0.3, -0.25) is 0 Å². The van der Waals surface area contributed by atoms with Crippen LogP contribution < -0.4 is 5.32 Å². The number of nitrogens with one attached hydrogen (secondary N) is 1. The van der Waals surface area contributed by atoms with Crippen molar-refractivity contribution >= 4 is 6.03 Å². The van der Waals surface area contributed by atoms with Gasteiger partial charge in [0.1, 0.15) is 19.2 Å². The number of amides is 2. The average Bonchev–Trinajstić information content (AvgIpc) is 3.22. The highest BCUT2D eigenvalue weighted by molar-refractivity contribution is 5.74. The van der Waals surface area contributed by atoms with Crippen molar-refractivity contribution in [2.24, 2.45) is 0 Å². The second kappa shape index (κ2) is 8.39. The number of ether oxygens (including phenoxy) is 1. The van der Waals surface area contributed by atoms with E-state index in [1.165, 1.54) is 4.90 Å². The average molecular weight is 338 g/mol. The van der Waals surface area contributed by atoms with Crippen molar-refractivity contribution in [3.8, 4) is 0 Å². The van der Waals surface area contributed by atoms with Gasteiger partial charge >= 0.3 is 6.03 Å². The van der Waals surface area contributed by atoms with Crippen molar-refractivity contribution in [2.75, 3.05) is 13.7 Å². The molecular weight excluding hydrogens is 316 g/mol. The van der Waals surface area contributed by atoms with Gasteiger partial charge in [0, 0.05) is 20.1 Å². The minimum absolute atomic E-state index is 0.204. The summed E-state index contributed by atoms with van der Waals surface area (Å²) in [6, 6.07) is -0.682. The summed E-state index contributed by atoms with van der Waals surface area (Å²) >= 11 is 0. The van der Waals surface area contributed by atoms with Gasteiger partial charge in [0.2, 0.25) is 11.8 Å². The summed E-state index contributed by atoms with van der Waals surface area (Å²) in [5.74, 6) is 1.76. The highest BCUT2D eigenvalue weighted by Gasteiger charge is 2.21. The van der Waals surface area contributed by atoms with Crippen molar-refractivity contribution < 1.29 is 18.6 Å². The van der Waals surface area contributed by atoms with E-state index >= 15 is 0 Å². The van der Waals surface area contributed by atoms with Gasteiger partial charge < -0.3 is 24.0 Å². The molecule has 0 saturated heterocycles. The maximum Gasteiger partial charge on any atom is 0.318 e. The third-order valence-corrected chi connectivity index (χ3v) is 3.29. The predicted molar refractivity (Wildman–Crippen MR) is 81.7 cm³/mol. The molecule has 0 aromatic carbocycles. The second-order valence-electron chi connectivity index (χ2n) is 5.13. The molecule has 2 aromatic rings. The molecule has 0 fully saturated rings. The lowest BCUT2D eigenvalue weighted by Crippen LogP contribution is -2.40. The van der Waals surface area contributed by atoms with Gasteiger partial charge in [-0.2, -0.15) is 9.97 Å². The second-order valence-corrected chi connectivity index (χ2v) is 5.13. The van der Waals surface area contributed by atoms with Crippen LogP contribution in [-0.2, 0) is 24.3 Å². The molecule has 0 aliphatic rings. The predicted octanol–water partition coefficient (Wildman–Crippen LogP) is 1.45. The normalized spacial score (nSPS) is 12.2. The molecule has 1 atom stereocenters. The third kappa shape index (κ3) is 4.51. The summed E-state index contributed by atoms with van der Waals surface area (Å²) in [4.78, 5) is 22.3. The SMILES string of the molecule is CCc1noc([C@H](C)NC(=O)N(CC)Cc2nc(COC)no2)n1. The lowest BCUT2D eigenvalue weighted by Gasteiger charge is -2.21. The smallest absolute Gasteiger partial charge is 0.318 e. The summed E-state index contributed by atoms with van der Waals surface area (Å²) in [5, 5.41) is 10.4. The number of methoxy groups -OCH3 is 1. The Morgan fingerprint density at radius 3 is 2.62 bits per heavy atom. The van der Waals surface area contributed by atoms with Crippen LogP contribution in [0.15, 0.2) is 9.05 Å². The molecule has 10 nitrogen and oxygen atoms in total. The molecule has 2 aromatic heterocycles. The quantitative estimate of drug-likeness (QED) is 0.768. The molecule has 0 aliphatic carbocycles. The van der Waals surface area contributed by atoms with Crippen LogP contribution >= 0.6 is 0 Å². The Bertz CT molecular complexity index is 655. The number of aryl methyl sites for hydroxylation is 1. The van der Waals surface area contributed by atoms with Gasteiger partial charge in [0.25, 0.3) is 0 Å². The van der Waals surface area contributed by atoms with Crippen LogP contribution in [0.25, 0.3) is 0 Å². The Morgan fingerprint density at radius 2 is 2.00 bits per heavy atom. The fourth-order valence-corrected chi connectivity index (χ4v) is 1.96. The van der Waals surface area contributed by atoms with Crippen molar-refractivity contribution in [1.29, 1.82) is 0 Å². The number of hydrogen-bond acceptors (Lipinski definition) is 8. The Hall–Kier alpha value is -2.49. The minimum Gasteiger partial charge on any atom is -0.377 e. The van der Waals surface area contributed by atoms with Crippen LogP contribution in [0, 0.1) is 0 Å². The van der Waals surface area contributed by atoms with E-state index in [2.05, 4.69) is 25.6 Å². The molecule has 10 heteroatoms. The molecule has 0 unspecified atom stereocenters. The number of nitrogens with zero attached hydrogens (tertiary/aromatic N) is 5. The molecule has 0 bridgehead atoms. The summed E-state index contributed by atoms with van der Waals surface area (Å²) in [6.07, 6.45) is 0.673. The Kier molecular flexibility index (Phi) is 6.24. The molecule has 0 aliphatic heterocycles. The largest absolute Gasteiger partial charge is 0.377 e. The number of aromatic nitrogens is 4. The van der Waals surface area contributed by atoms with Gasteiger partial charge in [0.05, 0.1) is 0 Å². The first kappa shape index (κ1) is 17.9. The molecule has 2 rings (SSSR count). The molecule has 0 saturated carbocycles. The van der Waals surface area contributed by atoms with Gasteiger partial charge in [-0.25, -0.2) is 4.79 Å². The van der Waals surface area contributed by atoms with E-state index in [1.54, 1.807) is 14.0 Å². The molecule has 24 heavy (non-hydrogen) atoms. The molecular formula is C14H22N6O4. The third-order valence-electron chi connectivity index (χ3n) is 3.29. The van der Waals surface area contributed by atoms with E-state index in [1.807, 2.05) is 13.8 Å². The Balaban J connectivity index is 1.94. The molecule has 1 N–H and O–H groups in total. The zero-order valence-corrected chi connectivity index (χ0v) is 14.3. The van der Waals surface area contributed by atoms with E-state index in [-0.39, 0.29) is 19.2 Å². The maximum atomic E-state index is 12.4. The molecule has 0 radical (unpaired) electrons. The lowest BCUT2D eigenvalue weighted by atomic mass is 10.3. The zero-order chi connectivity index (χ0) is 17.5. The Morgan fingerprint density at radius 1 is 1.25 bits per heavy atom. The minimum atomic E-state index is -0.397. The summed E-state index contributed by atoms with van der Waals surface area (Å²) in [7, 11) is 1.55. The molecule has 0 spiro atoms.